The van der Waals surface area contributed by atoms with Crippen LogP contribution in [-0.4, -0.2) is 19.3 Å². The van der Waals surface area contributed by atoms with E-state index in [0.29, 0.717) is 17.1 Å². The second kappa shape index (κ2) is 4.37. The lowest BCUT2D eigenvalue weighted by atomic mass is 10.1. The third kappa shape index (κ3) is 2.01. The highest BCUT2D eigenvalue weighted by atomic mass is 32.1. The van der Waals surface area contributed by atoms with E-state index in [-0.39, 0.29) is 5.12 Å². The third-order valence-electron chi connectivity index (χ3n) is 1.95. The second-order valence-corrected chi connectivity index (χ2v) is 3.23. The summed E-state index contributed by atoms with van der Waals surface area (Å²) >= 11 is 3.76. The zero-order chi connectivity index (χ0) is 10.7. The molecular weight excluding hydrogens is 200 g/mol. The number of carbonyl (C=O) groups is 1. The minimum Gasteiger partial charge on any atom is -0.496 e. The lowest BCUT2D eigenvalue weighted by Gasteiger charge is -2.10. The van der Waals surface area contributed by atoms with Crippen LogP contribution in [0.1, 0.15) is 15.9 Å². The van der Waals surface area contributed by atoms with Crippen molar-refractivity contribution >= 4 is 17.7 Å². The van der Waals surface area contributed by atoms with Crippen molar-refractivity contribution in [2.45, 2.75) is 6.92 Å². The fraction of sp³-hybridized carbons (Fsp3) is 0.300. The van der Waals surface area contributed by atoms with Crippen LogP contribution < -0.4 is 9.47 Å². The largest absolute Gasteiger partial charge is 0.496 e. The van der Waals surface area contributed by atoms with Crippen LogP contribution in [-0.2, 0) is 0 Å². The van der Waals surface area contributed by atoms with Crippen molar-refractivity contribution in [3.63, 3.8) is 0 Å². The second-order valence-electron chi connectivity index (χ2n) is 2.83. The average molecular weight is 212 g/mol. The Balaban J connectivity index is 3.31. The number of aryl methyl sites for hydroxylation is 1. The molecule has 0 bridgehead atoms. The molecule has 0 heterocycles. The summed E-state index contributed by atoms with van der Waals surface area (Å²) in [5.74, 6) is 1.17. The van der Waals surface area contributed by atoms with Gasteiger partial charge in [-0.25, -0.2) is 0 Å². The molecule has 0 amide bonds. The molecule has 1 aromatic carbocycles. The molecule has 0 fully saturated rings. The molecule has 0 saturated carbocycles. The normalized spacial score (nSPS) is 9.71. The molecule has 0 aliphatic rings. The van der Waals surface area contributed by atoms with Gasteiger partial charge in [-0.1, -0.05) is 0 Å². The molecule has 0 aliphatic carbocycles. The maximum Gasteiger partial charge on any atom is 0.220 e. The molecule has 0 saturated heterocycles. The number of benzene rings is 1. The minimum absolute atomic E-state index is 0.312. The number of hydrogen-bond acceptors (Lipinski definition) is 3. The maximum absolute atomic E-state index is 11.1. The van der Waals surface area contributed by atoms with Crippen LogP contribution in [0.4, 0.5) is 0 Å². The highest BCUT2D eigenvalue weighted by molar-refractivity contribution is 7.97. The summed E-state index contributed by atoms with van der Waals surface area (Å²) in [5.41, 5.74) is 1.33. The summed E-state index contributed by atoms with van der Waals surface area (Å²) in [6, 6.07) is 3.38. The summed E-state index contributed by atoms with van der Waals surface area (Å²) in [6.07, 6.45) is 0. The van der Waals surface area contributed by atoms with Gasteiger partial charge in [0, 0.05) is 6.07 Å². The maximum atomic E-state index is 11.1. The molecular formula is C10H12O3S. The van der Waals surface area contributed by atoms with Gasteiger partial charge in [-0.05, 0) is 18.6 Å². The van der Waals surface area contributed by atoms with E-state index in [9.17, 15) is 4.79 Å². The molecule has 1 rings (SSSR count). The summed E-state index contributed by atoms with van der Waals surface area (Å²) in [4.78, 5) is 11.1. The first-order chi connectivity index (χ1) is 6.60. The number of methoxy groups -OCH3 is 2. The first-order valence-electron chi connectivity index (χ1n) is 4.06. The van der Waals surface area contributed by atoms with E-state index in [4.69, 9.17) is 9.47 Å². The van der Waals surface area contributed by atoms with Gasteiger partial charge in [0.15, 0.2) is 0 Å². The van der Waals surface area contributed by atoms with Gasteiger partial charge in [-0.3, -0.25) is 4.79 Å². The summed E-state index contributed by atoms with van der Waals surface area (Å²) < 4.78 is 10.2. The van der Waals surface area contributed by atoms with Gasteiger partial charge in [-0.15, -0.1) is 12.6 Å². The molecule has 0 N–H and O–H groups in total. The SMILES string of the molecule is COc1cc(OC)c(C(=O)S)cc1C. The molecule has 0 unspecified atom stereocenters. The molecule has 0 aromatic heterocycles. The van der Waals surface area contributed by atoms with Crippen LogP contribution in [0.2, 0.25) is 0 Å². The molecule has 14 heavy (non-hydrogen) atoms. The molecule has 3 nitrogen and oxygen atoms in total. The van der Waals surface area contributed by atoms with Gasteiger partial charge in [0.2, 0.25) is 5.12 Å². The first-order valence-corrected chi connectivity index (χ1v) is 4.50. The molecule has 0 radical (unpaired) electrons. The van der Waals surface area contributed by atoms with Gasteiger partial charge >= 0.3 is 0 Å². The Morgan fingerprint density at radius 1 is 1.21 bits per heavy atom. The molecule has 0 aliphatic heterocycles. The highest BCUT2D eigenvalue weighted by Crippen LogP contribution is 2.29. The molecule has 4 heteroatoms. The van der Waals surface area contributed by atoms with Crippen LogP contribution in [0.15, 0.2) is 12.1 Å². The first kappa shape index (κ1) is 10.9. The lowest BCUT2D eigenvalue weighted by Crippen LogP contribution is -1.98. The topological polar surface area (TPSA) is 35.5 Å². The van der Waals surface area contributed by atoms with Crippen molar-refractivity contribution in [1.82, 2.24) is 0 Å². The quantitative estimate of drug-likeness (QED) is 0.779. The van der Waals surface area contributed by atoms with Crippen molar-refractivity contribution in [2.75, 3.05) is 14.2 Å². The predicted molar refractivity (Wildman–Crippen MR) is 57.6 cm³/mol. The Morgan fingerprint density at radius 3 is 2.21 bits per heavy atom. The van der Waals surface area contributed by atoms with E-state index in [1.807, 2.05) is 6.92 Å². The summed E-state index contributed by atoms with van der Waals surface area (Å²) in [5, 5.41) is -0.312. The van der Waals surface area contributed by atoms with Crippen molar-refractivity contribution < 1.29 is 14.3 Å². The Kier molecular flexibility index (Phi) is 3.41. The van der Waals surface area contributed by atoms with E-state index < -0.39 is 0 Å². The van der Waals surface area contributed by atoms with Crippen molar-refractivity contribution in [3.8, 4) is 11.5 Å². The van der Waals surface area contributed by atoms with Crippen LogP contribution in [0.25, 0.3) is 0 Å². The van der Waals surface area contributed by atoms with Crippen molar-refractivity contribution in [3.05, 3.63) is 23.3 Å². The van der Waals surface area contributed by atoms with Crippen LogP contribution in [0.3, 0.4) is 0 Å². The minimum atomic E-state index is -0.312. The fourth-order valence-corrected chi connectivity index (χ4v) is 1.40. The smallest absolute Gasteiger partial charge is 0.220 e. The Hall–Kier alpha value is -1.16. The van der Waals surface area contributed by atoms with E-state index in [1.165, 1.54) is 7.11 Å². The third-order valence-corrected chi connectivity index (χ3v) is 2.19. The van der Waals surface area contributed by atoms with E-state index in [1.54, 1.807) is 19.2 Å². The highest BCUT2D eigenvalue weighted by Gasteiger charge is 2.12. The lowest BCUT2D eigenvalue weighted by molar-refractivity contribution is 0.108. The van der Waals surface area contributed by atoms with Crippen molar-refractivity contribution in [1.29, 1.82) is 0 Å². The Bertz CT molecular complexity index is 361. The predicted octanol–water partition coefficient (Wildman–Crippen LogP) is 2.08. The van der Waals surface area contributed by atoms with Crippen molar-refractivity contribution in [2.24, 2.45) is 0 Å². The summed E-state index contributed by atoms with van der Waals surface area (Å²) in [7, 11) is 3.08. The molecule has 0 atom stereocenters. The monoisotopic (exact) mass is 212 g/mol. The van der Waals surface area contributed by atoms with E-state index in [2.05, 4.69) is 12.6 Å². The van der Waals surface area contributed by atoms with Gasteiger partial charge < -0.3 is 9.47 Å². The van der Waals surface area contributed by atoms with E-state index >= 15 is 0 Å². The zero-order valence-corrected chi connectivity index (χ0v) is 9.22. The standard InChI is InChI=1S/C10H12O3S/c1-6-4-7(10(11)14)9(13-3)5-8(6)12-2/h4-5H,1-3H3,(H,11,14). The Morgan fingerprint density at radius 2 is 1.79 bits per heavy atom. The molecule has 76 valence electrons. The van der Waals surface area contributed by atoms with E-state index in [0.717, 1.165) is 5.56 Å². The van der Waals surface area contributed by atoms with Gasteiger partial charge in [0.25, 0.3) is 0 Å². The number of carbonyl (C=O) groups excluding carboxylic acids is 1. The van der Waals surface area contributed by atoms with Gasteiger partial charge in [-0.2, -0.15) is 0 Å². The number of rotatable bonds is 3. The van der Waals surface area contributed by atoms with Crippen LogP contribution >= 0.6 is 12.6 Å². The number of thiol groups is 1. The van der Waals surface area contributed by atoms with Crippen LogP contribution in [0, 0.1) is 6.92 Å². The Labute approximate surface area is 88.4 Å². The zero-order valence-electron chi connectivity index (χ0n) is 8.33. The number of hydrogen-bond donors (Lipinski definition) is 1. The number of ether oxygens (including phenoxy) is 2. The summed E-state index contributed by atoms with van der Waals surface area (Å²) in [6.45, 7) is 1.86. The molecule has 0 spiro atoms. The fourth-order valence-electron chi connectivity index (χ4n) is 1.23. The van der Waals surface area contributed by atoms with Gasteiger partial charge in [0.05, 0.1) is 19.8 Å². The average Bonchev–Trinajstić information content (AvgIpc) is 2.17. The van der Waals surface area contributed by atoms with Gasteiger partial charge in [0.1, 0.15) is 11.5 Å². The molecule has 1 aromatic rings. The van der Waals surface area contributed by atoms with Crippen LogP contribution in [0.5, 0.6) is 11.5 Å².